The number of amides is 2. The molecule has 174 valence electrons. The number of nitrogens with one attached hydrogen (secondary N) is 1. The average molecular weight is 446 g/mol. The maximum Gasteiger partial charge on any atom is 0.234 e. The molecular formula is C23H32FN5O3. The highest BCUT2D eigenvalue weighted by molar-refractivity contribution is 6.00. The zero-order valence-electron chi connectivity index (χ0n) is 18.6. The average Bonchev–Trinajstić information content (AvgIpc) is 2.80. The summed E-state index contributed by atoms with van der Waals surface area (Å²) in [6.07, 6.45) is 2.73. The number of anilines is 1. The lowest BCUT2D eigenvalue weighted by molar-refractivity contribution is -0.134. The van der Waals surface area contributed by atoms with E-state index >= 15 is 0 Å². The summed E-state index contributed by atoms with van der Waals surface area (Å²) in [5, 5.41) is 6.99. The first-order valence-corrected chi connectivity index (χ1v) is 11.6. The molecule has 3 heterocycles. The van der Waals surface area contributed by atoms with Crippen molar-refractivity contribution in [3.8, 4) is 0 Å². The maximum absolute atomic E-state index is 14.9. The molecule has 0 radical (unpaired) electrons. The molecule has 0 aliphatic carbocycles. The molecule has 9 heteroatoms. The van der Waals surface area contributed by atoms with E-state index in [0.717, 1.165) is 58.7 Å². The molecule has 0 spiro atoms. The summed E-state index contributed by atoms with van der Waals surface area (Å²) < 4.78 is 14.9. The molecule has 1 aromatic rings. The standard InChI is InChI=1S/C23H32FN5O3/c1-16(17-6-8-29(26-32)9-7-17)15-27-10-12-28(13-11-27)21-4-2-18(14-20(21)24)19-3-5-22(30)25-23(19)31/h2,4,14,16-17,19H,3,5-13,15H2,1H3,(H,25,30,31)/t16-,19?/m1/s1. The van der Waals surface area contributed by atoms with Crippen LogP contribution >= 0.6 is 0 Å². The van der Waals surface area contributed by atoms with Crippen LogP contribution in [-0.2, 0) is 9.59 Å². The smallest absolute Gasteiger partial charge is 0.234 e. The fourth-order valence-electron chi connectivity index (χ4n) is 5.27. The summed E-state index contributed by atoms with van der Waals surface area (Å²) in [6, 6.07) is 5.03. The van der Waals surface area contributed by atoms with Gasteiger partial charge in [0.15, 0.2) is 0 Å². The second-order valence-corrected chi connectivity index (χ2v) is 9.35. The SMILES string of the molecule is C[C@H](CN1CCN(c2ccc(C3CCC(=O)NC3=O)cc2F)CC1)C1CCN(N=O)CC1. The van der Waals surface area contributed by atoms with Crippen molar-refractivity contribution in [3.05, 3.63) is 34.5 Å². The van der Waals surface area contributed by atoms with E-state index in [1.807, 2.05) is 6.07 Å². The van der Waals surface area contributed by atoms with Crippen molar-refractivity contribution in [2.75, 3.05) is 50.7 Å². The highest BCUT2D eigenvalue weighted by Crippen LogP contribution is 2.30. The number of rotatable bonds is 6. The van der Waals surface area contributed by atoms with Gasteiger partial charge in [0.2, 0.25) is 11.8 Å². The number of imide groups is 1. The number of nitrogens with zero attached hydrogens (tertiary/aromatic N) is 4. The number of halogens is 1. The number of piperidine rings is 2. The number of carbonyl (C=O) groups is 2. The first kappa shape index (κ1) is 22.6. The first-order valence-electron chi connectivity index (χ1n) is 11.6. The van der Waals surface area contributed by atoms with E-state index in [-0.39, 0.29) is 24.1 Å². The fourth-order valence-corrected chi connectivity index (χ4v) is 5.27. The zero-order valence-corrected chi connectivity index (χ0v) is 18.6. The van der Waals surface area contributed by atoms with E-state index in [0.29, 0.717) is 29.5 Å². The molecule has 3 aliphatic rings. The summed E-state index contributed by atoms with van der Waals surface area (Å²) in [6.45, 7) is 8.09. The van der Waals surface area contributed by atoms with Gasteiger partial charge in [-0.2, -0.15) is 0 Å². The number of carbonyl (C=O) groups excluding carboxylic acids is 2. The van der Waals surface area contributed by atoms with Gasteiger partial charge < -0.3 is 4.90 Å². The number of hydrogen-bond acceptors (Lipinski definition) is 6. The number of nitroso groups, excluding NO2 is 1. The molecule has 3 aliphatic heterocycles. The molecule has 3 saturated heterocycles. The van der Waals surface area contributed by atoms with Crippen LogP contribution in [0.15, 0.2) is 23.5 Å². The number of hydrogen-bond donors (Lipinski definition) is 1. The van der Waals surface area contributed by atoms with Crippen LogP contribution < -0.4 is 10.2 Å². The molecule has 0 bridgehead atoms. The normalized spacial score (nSPS) is 24.4. The van der Waals surface area contributed by atoms with E-state index < -0.39 is 5.92 Å². The zero-order chi connectivity index (χ0) is 22.7. The van der Waals surface area contributed by atoms with Crippen LogP contribution in [0.3, 0.4) is 0 Å². The third-order valence-corrected chi connectivity index (χ3v) is 7.31. The van der Waals surface area contributed by atoms with E-state index in [4.69, 9.17) is 0 Å². The molecule has 2 amide bonds. The topological polar surface area (TPSA) is 85.3 Å². The molecule has 1 aromatic carbocycles. The third-order valence-electron chi connectivity index (χ3n) is 7.31. The Balaban J connectivity index is 1.29. The van der Waals surface area contributed by atoms with Crippen LogP contribution in [0.2, 0.25) is 0 Å². The van der Waals surface area contributed by atoms with E-state index in [1.54, 1.807) is 11.1 Å². The molecule has 32 heavy (non-hydrogen) atoms. The van der Waals surface area contributed by atoms with Crippen LogP contribution in [-0.4, -0.2) is 67.5 Å². The van der Waals surface area contributed by atoms with Crippen LogP contribution in [0.5, 0.6) is 0 Å². The second kappa shape index (κ2) is 9.94. The van der Waals surface area contributed by atoms with Crippen LogP contribution in [0.4, 0.5) is 10.1 Å². The van der Waals surface area contributed by atoms with Crippen molar-refractivity contribution in [3.63, 3.8) is 0 Å². The molecule has 3 fully saturated rings. The van der Waals surface area contributed by atoms with Gasteiger partial charge in [-0.15, -0.1) is 4.91 Å². The number of piperazine rings is 1. The Labute approximate surface area is 188 Å². The molecular weight excluding hydrogens is 413 g/mol. The van der Waals surface area contributed by atoms with Crippen molar-refractivity contribution in [1.29, 1.82) is 0 Å². The third kappa shape index (κ3) is 5.09. The minimum Gasteiger partial charge on any atom is -0.367 e. The lowest BCUT2D eigenvalue weighted by Crippen LogP contribution is -2.48. The van der Waals surface area contributed by atoms with Gasteiger partial charge >= 0.3 is 0 Å². The lowest BCUT2D eigenvalue weighted by atomic mass is 9.85. The molecule has 0 aromatic heterocycles. The van der Waals surface area contributed by atoms with Crippen LogP contribution in [0.25, 0.3) is 0 Å². The van der Waals surface area contributed by atoms with E-state index in [2.05, 4.69) is 27.3 Å². The van der Waals surface area contributed by atoms with Gasteiger partial charge in [0.1, 0.15) is 5.82 Å². The predicted molar refractivity (Wildman–Crippen MR) is 119 cm³/mol. The molecule has 2 atom stereocenters. The predicted octanol–water partition coefficient (Wildman–Crippen LogP) is 2.50. The molecule has 0 saturated carbocycles. The van der Waals surface area contributed by atoms with Gasteiger partial charge in [0.05, 0.1) is 16.9 Å². The molecule has 1 unspecified atom stereocenters. The Morgan fingerprint density at radius 3 is 2.44 bits per heavy atom. The van der Waals surface area contributed by atoms with E-state index in [9.17, 15) is 18.9 Å². The summed E-state index contributed by atoms with van der Waals surface area (Å²) in [5.74, 6) is -0.222. The molecule has 8 nitrogen and oxygen atoms in total. The van der Waals surface area contributed by atoms with Gasteiger partial charge in [0, 0.05) is 52.2 Å². The first-order chi connectivity index (χ1) is 15.4. The Bertz CT molecular complexity index is 850. The Hall–Kier alpha value is -2.55. The molecule has 1 N–H and O–H groups in total. The minimum absolute atomic E-state index is 0.265. The largest absolute Gasteiger partial charge is 0.367 e. The summed E-state index contributed by atoms with van der Waals surface area (Å²) >= 11 is 0. The number of benzene rings is 1. The van der Waals surface area contributed by atoms with Crippen molar-refractivity contribution in [2.45, 2.75) is 38.5 Å². The van der Waals surface area contributed by atoms with Crippen molar-refractivity contribution < 1.29 is 14.0 Å². The minimum atomic E-state index is -0.469. The monoisotopic (exact) mass is 445 g/mol. The molecule has 4 rings (SSSR count). The van der Waals surface area contributed by atoms with Crippen molar-refractivity contribution in [1.82, 2.24) is 15.2 Å². The van der Waals surface area contributed by atoms with Crippen molar-refractivity contribution in [2.24, 2.45) is 17.1 Å². The Morgan fingerprint density at radius 2 is 1.81 bits per heavy atom. The summed E-state index contributed by atoms with van der Waals surface area (Å²) in [7, 11) is 0. The quantitative estimate of drug-likeness (QED) is 0.535. The van der Waals surface area contributed by atoms with Crippen LogP contribution in [0.1, 0.15) is 44.1 Å². The Morgan fingerprint density at radius 1 is 1.09 bits per heavy atom. The van der Waals surface area contributed by atoms with Gasteiger partial charge in [-0.25, -0.2) is 4.39 Å². The van der Waals surface area contributed by atoms with Gasteiger partial charge in [-0.1, -0.05) is 13.0 Å². The maximum atomic E-state index is 14.9. The summed E-state index contributed by atoms with van der Waals surface area (Å²) in [4.78, 5) is 38.6. The highest BCUT2D eigenvalue weighted by atomic mass is 19.1. The van der Waals surface area contributed by atoms with Gasteiger partial charge in [-0.05, 0) is 48.8 Å². The fraction of sp³-hybridized carbons (Fsp3) is 0.652. The second-order valence-electron chi connectivity index (χ2n) is 9.35. The highest BCUT2D eigenvalue weighted by Gasteiger charge is 2.30. The van der Waals surface area contributed by atoms with Crippen LogP contribution in [0, 0.1) is 22.6 Å². The van der Waals surface area contributed by atoms with E-state index in [1.165, 1.54) is 6.07 Å². The van der Waals surface area contributed by atoms with Crippen molar-refractivity contribution >= 4 is 17.5 Å². The lowest BCUT2D eigenvalue weighted by Gasteiger charge is -2.39. The van der Waals surface area contributed by atoms with Gasteiger partial charge in [-0.3, -0.25) is 24.8 Å². The Kier molecular flexibility index (Phi) is 7.03. The van der Waals surface area contributed by atoms with Gasteiger partial charge in [0.25, 0.3) is 0 Å². The summed E-state index contributed by atoms with van der Waals surface area (Å²) in [5.41, 5.74) is 1.20.